The van der Waals surface area contributed by atoms with Crippen molar-refractivity contribution in [2.45, 2.75) is 65.3 Å². The van der Waals surface area contributed by atoms with Crippen molar-refractivity contribution in [2.24, 2.45) is 17.3 Å². The maximum Gasteiger partial charge on any atom is 0.410 e. The van der Waals surface area contributed by atoms with Gasteiger partial charge in [-0.05, 0) is 43.8 Å². The summed E-state index contributed by atoms with van der Waals surface area (Å²) < 4.78 is 11.6. The molecular weight excluding hydrogens is 428 g/mol. The van der Waals surface area contributed by atoms with Crippen molar-refractivity contribution < 1.29 is 28.7 Å². The van der Waals surface area contributed by atoms with Gasteiger partial charge in [0.1, 0.15) is 12.3 Å². The molecule has 0 aromatic heterocycles. The summed E-state index contributed by atoms with van der Waals surface area (Å²) in [6.45, 7) is 17.0. The lowest BCUT2D eigenvalue weighted by Crippen LogP contribution is -2.70. The third-order valence-electron chi connectivity index (χ3n) is 7.22. The Labute approximate surface area is 191 Å². The number of amides is 2. The SMILES string of the molecule is C=CCOC(=O)N1CC[C@H](C2=C(C(=O)O)N3C(=O)[C@H]([C@@](C)(O[SiH](C)C)C(C)(C)C)[C@H]3C2)C1. The zero-order valence-electron chi connectivity index (χ0n) is 20.0. The average molecular weight is 465 g/mol. The Hall–Kier alpha value is -2.13. The second-order valence-electron chi connectivity index (χ2n) is 10.5. The normalized spacial score (nSPS) is 27.3. The summed E-state index contributed by atoms with van der Waals surface area (Å²) in [7, 11) is -1.47. The van der Waals surface area contributed by atoms with Crippen molar-refractivity contribution in [1.82, 2.24) is 9.80 Å². The first-order valence-electron chi connectivity index (χ1n) is 11.3. The van der Waals surface area contributed by atoms with E-state index in [1.165, 1.54) is 11.0 Å². The van der Waals surface area contributed by atoms with Crippen LogP contribution >= 0.6 is 0 Å². The predicted octanol–water partition coefficient (Wildman–Crippen LogP) is 3.01. The number of nitrogens with zero attached hydrogens (tertiary/aromatic N) is 2. The second kappa shape index (κ2) is 8.66. The van der Waals surface area contributed by atoms with E-state index in [4.69, 9.17) is 9.16 Å². The highest BCUT2D eigenvalue weighted by Crippen LogP contribution is 2.54. The molecule has 0 saturated carbocycles. The zero-order valence-corrected chi connectivity index (χ0v) is 21.2. The van der Waals surface area contributed by atoms with Gasteiger partial charge in [-0.15, -0.1) is 0 Å². The molecule has 3 heterocycles. The number of carboxylic acid groups (broad SMARTS) is 1. The van der Waals surface area contributed by atoms with Crippen molar-refractivity contribution in [3.63, 3.8) is 0 Å². The number of fused-ring (bicyclic) bond motifs is 1. The predicted molar refractivity (Wildman–Crippen MR) is 122 cm³/mol. The molecule has 0 spiro atoms. The number of β-lactam (4-membered cyclic amide) rings is 1. The maximum atomic E-state index is 13.4. The van der Waals surface area contributed by atoms with E-state index in [1.54, 1.807) is 4.90 Å². The van der Waals surface area contributed by atoms with Crippen LogP contribution in [-0.4, -0.2) is 73.3 Å². The summed E-state index contributed by atoms with van der Waals surface area (Å²) in [6, 6.07) is -0.220. The third-order valence-corrected chi connectivity index (χ3v) is 8.18. The fourth-order valence-electron chi connectivity index (χ4n) is 5.35. The molecule has 3 aliphatic heterocycles. The lowest BCUT2D eigenvalue weighted by atomic mass is 9.63. The van der Waals surface area contributed by atoms with Crippen molar-refractivity contribution in [1.29, 1.82) is 0 Å². The first-order valence-corrected chi connectivity index (χ1v) is 14.1. The van der Waals surface area contributed by atoms with Crippen LogP contribution in [0.3, 0.4) is 0 Å². The fraction of sp³-hybridized carbons (Fsp3) is 0.696. The Morgan fingerprint density at radius 2 is 1.94 bits per heavy atom. The lowest BCUT2D eigenvalue weighted by Gasteiger charge is -2.57. The standard InChI is InChI=1S/C23H36N2O6Si/c1-8-11-30-21(29)24-10-9-14(13-24)15-12-16-17(19(26)25(16)18(15)20(27)28)23(5,22(2,3)4)31-32(6)7/h8,14,16-17,32H,1,9-13H2,2-7H3,(H,27,28)/t14-,16+,17+,23+/m0/s1. The lowest BCUT2D eigenvalue weighted by molar-refractivity contribution is -0.180. The van der Waals surface area contributed by atoms with Gasteiger partial charge in [0, 0.05) is 19.0 Å². The number of carbonyl (C=O) groups excluding carboxylic acids is 2. The van der Waals surface area contributed by atoms with Crippen LogP contribution in [-0.2, 0) is 18.8 Å². The van der Waals surface area contributed by atoms with Gasteiger partial charge in [0.05, 0.1) is 17.6 Å². The van der Waals surface area contributed by atoms with Crippen LogP contribution in [0, 0.1) is 17.3 Å². The number of carbonyl (C=O) groups is 3. The van der Waals surface area contributed by atoms with Gasteiger partial charge in [0.2, 0.25) is 5.91 Å². The molecule has 2 amide bonds. The number of ether oxygens (including phenoxy) is 1. The quantitative estimate of drug-likeness (QED) is 0.353. The molecule has 4 atom stereocenters. The Balaban J connectivity index is 1.85. The van der Waals surface area contributed by atoms with Gasteiger partial charge in [0.15, 0.2) is 9.04 Å². The monoisotopic (exact) mass is 464 g/mol. The number of likely N-dealkylation sites (tertiary alicyclic amines) is 1. The van der Waals surface area contributed by atoms with E-state index in [1.807, 2.05) is 6.92 Å². The Bertz CT molecular complexity index is 848. The van der Waals surface area contributed by atoms with E-state index in [0.29, 0.717) is 25.9 Å². The third kappa shape index (κ3) is 4.01. The molecule has 0 aliphatic carbocycles. The Morgan fingerprint density at radius 1 is 1.28 bits per heavy atom. The summed E-state index contributed by atoms with van der Waals surface area (Å²) in [5.41, 5.74) is -0.112. The molecule has 0 unspecified atom stereocenters. The number of rotatable bonds is 7. The highest BCUT2D eigenvalue weighted by atomic mass is 28.3. The Kier molecular flexibility index (Phi) is 6.64. The van der Waals surface area contributed by atoms with Gasteiger partial charge >= 0.3 is 12.1 Å². The van der Waals surface area contributed by atoms with Gasteiger partial charge in [0.25, 0.3) is 0 Å². The summed E-state index contributed by atoms with van der Waals surface area (Å²) in [4.78, 5) is 40.8. The van der Waals surface area contributed by atoms with Crippen LogP contribution in [0.1, 0.15) is 40.5 Å². The molecule has 0 radical (unpaired) electrons. The van der Waals surface area contributed by atoms with E-state index in [2.05, 4.69) is 40.4 Å². The molecule has 178 valence electrons. The van der Waals surface area contributed by atoms with Crippen molar-refractivity contribution in [3.8, 4) is 0 Å². The van der Waals surface area contributed by atoms with Crippen molar-refractivity contribution >= 4 is 27.0 Å². The van der Waals surface area contributed by atoms with Gasteiger partial charge in [-0.25, -0.2) is 9.59 Å². The molecule has 1 N–H and O–H groups in total. The molecule has 2 fully saturated rings. The number of hydrogen-bond donors (Lipinski definition) is 1. The smallest absolute Gasteiger partial charge is 0.410 e. The first kappa shape index (κ1) is 24.5. The molecule has 2 saturated heterocycles. The molecule has 0 aromatic carbocycles. The second-order valence-corrected chi connectivity index (χ2v) is 12.8. The van der Waals surface area contributed by atoms with Crippen molar-refractivity contribution in [2.75, 3.05) is 19.7 Å². The van der Waals surface area contributed by atoms with E-state index < -0.39 is 26.7 Å². The van der Waals surface area contributed by atoms with E-state index in [0.717, 1.165) is 5.57 Å². The van der Waals surface area contributed by atoms with Gasteiger partial charge in [-0.3, -0.25) is 4.79 Å². The maximum absolute atomic E-state index is 13.4. The number of carboxylic acids is 1. The molecule has 8 nitrogen and oxygen atoms in total. The molecule has 0 aromatic rings. The molecule has 0 bridgehead atoms. The minimum Gasteiger partial charge on any atom is -0.477 e. The summed E-state index contributed by atoms with van der Waals surface area (Å²) in [5.74, 6) is -1.75. The zero-order chi connectivity index (χ0) is 24.0. The summed E-state index contributed by atoms with van der Waals surface area (Å²) in [5, 5.41) is 9.98. The molecule has 3 rings (SSSR count). The van der Waals surface area contributed by atoms with E-state index >= 15 is 0 Å². The summed E-state index contributed by atoms with van der Waals surface area (Å²) in [6.07, 6.45) is 2.25. The van der Waals surface area contributed by atoms with Crippen LogP contribution in [0.15, 0.2) is 23.9 Å². The first-order chi connectivity index (χ1) is 14.8. The molecule has 32 heavy (non-hydrogen) atoms. The van der Waals surface area contributed by atoms with Gasteiger partial charge < -0.3 is 24.1 Å². The minimum absolute atomic E-state index is 0.0978. The molecule has 9 heteroatoms. The van der Waals surface area contributed by atoms with E-state index in [9.17, 15) is 19.5 Å². The molecular formula is C23H36N2O6Si. The van der Waals surface area contributed by atoms with Crippen LogP contribution in [0.5, 0.6) is 0 Å². The minimum atomic E-state index is -1.47. The molecule has 3 aliphatic rings. The number of aliphatic carboxylic acids is 1. The van der Waals surface area contributed by atoms with Crippen molar-refractivity contribution in [3.05, 3.63) is 23.9 Å². The van der Waals surface area contributed by atoms with Crippen LogP contribution < -0.4 is 0 Å². The average Bonchev–Trinajstić information content (AvgIpc) is 3.27. The van der Waals surface area contributed by atoms with Crippen LogP contribution in [0.4, 0.5) is 4.79 Å². The summed E-state index contributed by atoms with van der Waals surface area (Å²) >= 11 is 0. The highest BCUT2D eigenvalue weighted by Gasteiger charge is 2.65. The number of hydrogen-bond acceptors (Lipinski definition) is 5. The fourth-order valence-corrected chi connectivity index (χ4v) is 6.83. The van der Waals surface area contributed by atoms with Gasteiger partial charge in [-0.2, -0.15) is 0 Å². The topological polar surface area (TPSA) is 96.4 Å². The Morgan fingerprint density at radius 3 is 2.47 bits per heavy atom. The van der Waals surface area contributed by atoms with E-state index in [-0.39, 0.29) is 41.5 Å². The van der Waals surface area contributed by atoms with Crippen LogP contribution in [0.2, 0.25) is 13.1 Å². The van der Waals surface area contributed by atoms with Crippen LogP contribution in [0.25, 0.3) is 0 Å². The van der Waals surface area contributed by atoms with Gasteiger partial charge in [-0.1, -0.05) is 33.4 Å². The largest absolute Gasteiger partial charge is 0.477 e. The highest BCUT2D eigenvalue weighted by molar-refractivity contribution is 6.48.